The number of nitrogens with zero attached hydrogens (tertiary/aromatic N) is 8. The Bertz CT molecular complexity index is 1280. The predicted octanol–water partition coefficient (Wildman–Crippen LogP) is 2.77. The largest absolute Gasteiger partial charge is 0.411 e. The first kappa shape index (κ1) is 19.7. The Morgan fingerprint density at radius 3 is 2.71 bits per heavy atom. The van der Waals surface area contributed by atoms with Gasteiger partial charge in [-0.25, -0.2) is 0 Å². The minimum atomic E-state index is 0.430. The molecule has 0 atom stereocenters. The Hall–Kier alpha value is -3.24. The quantitative estimate of drug-likeness (QED) is 0.298. The maximum atomic E-state index is 9.04. The van der Waals surface area contributed by atoms with Crippen LogP contribution >= 0.6 is 11.8 Å². The first-order chi connectivity index (χ1) is 15.1. The van der Waals surface area contributed by atoms with Gasteiger partial charge in [0.15, 0.2) is 5.65 Å². The van der Waals surface area contributed by atoms with E-state index in [1.54, 1.807) is 23.6 Å². The van der Waals surface area contributed by atoms with Crippen LogP contribution in [0.15, 0.2) is 57.8 Å². The monoisotopic (exact) mass is 434 g/mol. The van der Waals surface area contributed by atoms with Crippen molar-refractivity contribution in [3.63, 3.8) is 0 Å². The van der Waals surface area contributed by atoms with Crippen molar-refractivity contribution in [2.24, 2.45) is 5.16 Å². The topological polar surface area (TPSA) is 95.0 Å². The molecule has 1 fully saturated rings. The first-order valence-electron chi connectivity index (χ1n) is 10.0. The molecule has 0 unspecified atom stereocenters. The van der Waals surface area contributed by atoms with Crippen LogP contribution in [0.1, 0.15) is 12.6 Å². The van der Waals surface area contributed by atoms with Gasteiger partial charge < -0.3 is 15.0 Å². The first-order valence-corrected chi connectivity index (χ1v) is 10.8. The highest BCUT2D eigenvalue weighted by Gasteiger charge is 2.16. The van der Waals surface area contributed by atoms with Crippen molar-refractivity contribution < 1.29 is 5.21 Å². The van der Waals surface area contributed by atoms with Crippen LogP contribution in [0.5, 0.6) is 0 Å². The van der Waals surface area contributed by atoms with E-state index in [0.29, 0.717) is 22.2 Å². The smallest absolute Gasteiger partial charge is 0.217 e. The number of rotatable bonds is 4. The molecule has 1 aromatic carbocycles. The summed E-state index contributed by atoms with van der Waals surface area (Å²) >= 11 is 1.48. The maximum absolute atomic E-state index is 9.04. The molecule has 0 amide bonds. The van der Waals surface area contributed by atoms with Gasteiger partial charge in [0.05, 0.1) is 17.4 Å². The average Bonchev–Trinajstić information content (AvgIpc) is 3.20. The molecular weight excluding hydrogens is 412 g/mol. The minimum absolute atomic E-state index is 0.430. The Morgan fingerprint density at radius 1 is 1.06 bits per heavy atom. The standard InChI is InChI=1S/C21H22N8OS/c1-14(26-30)18-5-6-20-23-24-21(29(20)25-18)31-17-3-4-19-15(12-17)11-16(13-22-19)28-9-7-27(2)8-10-28/h3-6,11-13,30H,7-10H2,1-2H3. The number of likely N-dealkylation sites (N-methyl/N-ethyl adjacent to an activating group) is 1. The van der Waals surface area contributed by atoms with Gasteiger partial charge >= 0.3 is 0 Å². The summed E-state index contributed by atoms with van der Waals surface area (Å²) in [6.45, 7) is 5.83. The molecule has 4 aromatic rings. The zero-order valence-electron chi connectivity index (χ0n) is 17.3. The van der Waals surface area contributed by atoms with Gasteiger partial charge in [0.25, 0.3) is 0 Å². The van der Waals surface area contributed by atoms with E-state index in [0.717, 1.165) is 47.7 Å². The van der Waals surface area contributed by atoms with Crippen molar-refractivity contribution in [3.05, 3.63) is 48.3 Å². The molecule has 3 aromatic heterocycles. The highest BCUT2D eigenvalue weighted by molar-refractivity contribution is 7.99. The molecule has 1 saturated heterocycles. The lowest BCUT2D eigenvalue weighted by Gasteiger charge is -2.33. The van der Waals surface area contributed by atoms with Crippen LogP contribution in [0.25, 0.3) is 16.6 Å². The third kappa shape index (κ3) is 3.91. The molecule has 0 bridgehead atoms. The molecule has 158 valence electrons. The van der Waals surface area contributed by atoms with Crippen LogP contribution in [0.4, 0.5) is 5.69 Å². The van der Waals surface area contributed by atoms with Gasteiger partial charge in [-0.1, -0.05) is 5.16 Å². The fourth-order valence-corrected chi connectivity index (χ4v) is 4.42. The summed E-state index contributed by atoms with van der Waals surface area (Å²) in [7, 11) is 2.16. The number of piperazine rings is 1. The predicted molar refractivity (Wildman–Crippen MR) is 120 cm³/mol. The second kappa shape index (κ2) is 8.12. The molecule has 0 spiro atoms. The second-order valence-electron chi connectivity index (χ2n) is 7.60. The van der Waals surface area contributed by atoms with Crippen molar-refractivity contribution in [2.45, 2.75) is 17.0 Å². The van der Waals surface area contributed by atoms with E-state index in [2.05, 4.69) is 54.4 Å². The number of oxime groups is 1. The molecule has 10 heteroatoms. The fourth-order valence-electron chi connectivity index (χ4n) is 3.58. The molecule has 1 aliphatic heterocycles. The lowest BCUT2D eigenvalue weighted by atomic mass is 10.2. The van der Waals surface area contributed by atoms with Gasteiger partial charge in [-0.3, -0.25) is 4.98 Å². The molecule has 0 radical (unpaired) electrons. The SMILES string of the molecule is CC(=NO)c1ccc2nnc(Sc3ccc4ncc(N5CCN(C)CC5)cc4c3)n2n1. The fraction of sp³-hybridized carbons (Fsp3) is 0.286. The molecule has 1 N–H and O–H groups in total. The zero-order valence-corrected chi connectivity index (χ0v) is 18.1. The second-order valence-corrected chi connectivity index (χ2v) is 8.64. The van der Waals surface area contributed by atoms with Crippen LogP contribution < -0.4 is 4.90 Å². The third-order valence-electron chi connectivity index (χ3n) is 5.47. The summed E-state index contributed by atoms with van der Waals surface area (Å²) in [6, 6.07) is 11.9. The van der Waals surface area contributed by atoms with Crippen molar-refractivity contribution >= 4 is 39.7 Å². The number of benzene rings is 1. The summed E-state index contributed by atoms with van der Waals surface area (Å²) in [5.74, 6) is 0. The van der Waals surface area contributed by atoms with Crippen LogP contribution in [-0.4, -0.2) is 73.8 Å². The molecule has 31 heavy (non-hydrogen) atoms. The van der Waals surface area contributed by atoms with Crippen molar-refractivity contribution in [2.75, 3.05) is 38.1 Å². The van der Waals surface area contributed by atoms with E-state index in [9.17, 15) is 0 Å². The van der Waals surface area contributed by atoms with Gasteiger partial charge in [0.2, 0.25) is 5.16 Å². The molecular formula is C21H22N8OS. The molecule has 0 saturated carbocycles. The van der Waals surface area contributed by atoms with Crippen LogP contribution in [0, 0.1) is 0 Å². The summed E-state index contributed by atoms with van der Waals surface area (Å²) in [5, 5.41) is 27.0. The van der Waals surface area contributed by atoms with Crippen LogP contribution in [0.3, 0.4) is 0 Å². The Labute approximate surface area is 183 Å². The zero-order chi connectivity index (χ0) is 21.4. The maximum Gasteiger partial charge on any atom is 0.217 e. The number of hydrogen-bond donors (Lipinski definition) is 1. The van der Waals surface area contributed by atoms with E-state index in [4.69, 9.17) is 5.21 Å². The Morgan fingerprint density at radius 2 is 1.90 bits per heavy atom. The number of pyridine rings is 1. The molecule has 1 aliphatic rings. The van der Waals surface area contributed by atoms with Gasteiger partial charge in [0.1, 0.15) is 11.4 Å². The summed E-state index contributed by atoms with van der Waals surface area (Å²) in [5.41, 5.74) is 3.75. The van der Waals surface area contributed by atoms with Crippen LogP contribution in [0.2, 0.25) is 0 Å². The normalized spacial score (nSPS) is 15.8. The van der Waals surface area contributed by atoms with E-state index in [1.807, 2.05) is 18.3 Å². The highest BCUT2D eigenvalue weighted by Crippen LogP contribution is 2.30. The molecule has 0 aliphatic carbocycles. The Balaban J connectivity index is 1.45. The average molecular weight is 435 g/mol. The molecule has 4 heterocycles. The lowest BCUT2D eigenvalue weighted by Crippen LogP contribution is -2.44. The van der Waals surface area contributed by atoms with Crippen molar-refractivity contribution in [3.8, 4) is 0 Å². The van der Waals surface area contributed by atoms with E-state index in [-0.39, 0.29) is 0 Å². The highest BCUT2D eigenvalue weighted by atomic mass is 32.2. The summed E-state index contributed by atoms with van der Waals surface area (Å²) < 4.78 is 1.66. The van der Waals surface area contributed by atoms with Gasteiger partial charge in [-0.15, -0.1) is 10.2 Å². The van der Waals surface area contributed by atoms with E-state index < -0.39 is 0 Å². The van der Waals surface area contributed by atoms with Gasteiger partial charge in [-0.2, -0.15) is 9.61 Å². The Kier molecular flexibility index (Phi) is 5.16. The van der Waals surface area contributed by atoms with Crippen molar-refractivity contribution in [1.82, 2.24) is 29.7 Å². The van der Waals surface area contributed by atoms with Gasteiger partial charge in [0, 0.05) is 36.5 Å². The minimum Gasteiger partial charge on any atom is -0.411 e. The number of hydrogen-bond acceptors (Lipinski definition) is 9. The van der Waals surface area contributed by atoms with Crippen LogP contribution in [-0.2, 0) is 0 Å². The molecule has 5 rings (SSSR count). The number of fused-ring (bicyclic) bond motifs is 2. The van der Waals surface area contributed by atoms with Gasteiger partial charge in [-0.05, 0) is 62.1 Å². The summed E-state index contributed by atoms with van der Waals surface area (Å²) in [4.78, 5) is 10.4. The van der Waals surface area contributed by atoms with E-state index in [1.165, 1.54) is 11.8 Å². The number of anilines is 1. The summed E-state index contributed by atoms with van der Waals surface area (Å²) in [6.07, 6.45) is 1.96. The molecule has 9 nitrogen and oxygen atoms in total. The van der Waals surface area contributed by atoms with E-state index >= 15 is 0 Å². The van der Waals surface area contributed by atoms with Crippen molar-refractivity contribution in [1.29, 1.82) is 0 Å². The number of aromatic nitrogens is 5. The third-order valence-corrected chi connectivity index (χ3v) is 6.40. The lowest BCUT2D eigenvalue weighted by molar-refractivity contribution is 0.313.